The van der Waals surface area contributed by atoms with Gasteiger partial charge in [0, 0.05) is 26.0 Å². The summed E-state index contributed by atoms with van der Waals surface area (Å²) < 4.78 is 6.24. The largest absolute Gasteiger partial charge is 0.384 e. The van der Waals surface area contributed by atoms with Crippen molar-refractivity contribution in [2.75, 3.05) is 26.1 Å². The third-order valence-corrected chi connectivity index (χ3v) is 4.51. The average Bonchev–Trinajstić information content (AvgIpc) is 2.93. The smallest absolute Gasteiger partial charge is 0.144 e. The quantitative estimate of drug-likeness (QED) is 0.895. The standard InChI is InChI=1S/C14H22BrN3O/c1-9(8-19-3)13-17-12(10-6-4-5-7-10)11(15)14(16-2)18-13/h9-10H,4-8H2,1-3H3,(H,16,17,18). The highest BCUT2D eigenvalue weighted by atomic mass is 79.9. The van der Waals surface area contributed by atoms with Crippen LogP contribution in [-0.2, 0) is 4.74 Å². The molecule has 1 saturated carbocycles. The van der Waals surface area contributed by atoms with Crippen LogP contribution < -0.4 is 5.32 Å². The van der Waals surface area contributed by atoms with Crippen LogP contribution in [0.2, 0.25) is 0 Å². The third kappa shape index (κ3) is 3.26. The normalized spacial score (nSPS) is 17.7. The molecule has 2 rings (SSSR count). The molecule has 19 heavy (non-hydrogen) atoms. The van der Waals surface area contributed by atoms with E-state index >= 15 is 0 Å². The van der Waals surface area contributed by atoms with Crippen LogP contribution in [0, 0.1) is 0 Å². The Morgan fingerprint density at radius 1 is 1.37 bits per heavy atom. The van der Waals surface area contributed by atoms with Crippen molar-refractivity contribution in [1.82, 2.24) is 9.97 Å². The number of anilines is 1. The fourth-order valence-corrected chi connectivity index (χ4v) is 3.36. The lowest BCUT2D eigenvalue weighted by Crippen LogP contribution is -2.12. The summed E-state index contributed by atoms with van der Waals surface area (Å²) in [5.41, 5.74) is 1.16. The number of rotatable bonds is 5. The summed E-state index contributed by atoms with van der Waals surface area (Å²) in [5, 5.41) is 3.16. The molecule has 0 aliphatic heterocycles. The highest BCUT2D eigenvalue weighted by molar-refractivity contribution is 9.10. The topological polar surface area (TPSA) is 47.0 Å². The Morgan fingerprint density at radius 2 is 2.05 bits per heavy atom. The second kappa shape index (κ2) is 6.66. The van der Waals surface area contributed by atoms with Crippen molar-refractivity contribution in [1.29, 1.82) is 0 Å². The van der Waals surface area contributed by atoms with E-state index in [0.29, 0.717) is 12.5 Å². The number of methoxy groups -OCH3 is 1. The lowest BCUT2D eigenvalue weighted by Gasteiger charge is -2.17. The second-order valence-electron chi connectivity index (χ2n) is 5.22. The maximum atomic E-state index is 5.22. The second-order valence-corrected chi connectivity index (χ2v) is 6.01. The van der Waals surface area contributed by atoms with Crippen LogP contribution in [0.3, 0.4) is 0 Å². The molecule has 0 radical (unpaired) electrons. The van der Waals surface area contributed by atoms with Crippen molar-refractivity contribution in [3.05, 3.63) is 16.0 Å². The lowest BCUT2D eigenvalue weighted by atomic mass is 10.0. The molecule has 4 nitrogen and oxygen atoms in total. The summed E-state index contributed by atoms with van der Waals surface area (Å²) in [4.78, 5) is 9.40. The molecule has 0 saturated heterocycles. The SMILES string of the molecule is CNc1nc(C(C)COC)nc(C2CCCC2)c1Br. The summed E-state index contributed by atoms with van der Waals surface area (Å²) in [6.07, 6.45) is 5.08. The summed E-state index contributed by atoms with van der Waals surface area (Å²) in [6.45, 7) is 2.75. The summed E-state index contributed by atoms with van der Waals surface area (Å²) in [7, 11) is 3.61. The molecule has 1 aliphatic rings. The van der Waals surface area contributed by atoms with Gasteiger partial charge in [-0.3, -0.25) is 0 Å². The summed E-state index contributed by atoms with van der Waals surface area (Å²) in [6, 6.07) is 0. The Bertz CT molecular complexity index is 433. The summed E-state index contributed by atoms with van der Waals surface area (Å²) in [5.74, 6) is 2.54. The molecule has 1 aromatic heterocycles. The van der Waals surface area contributed by atoms with Crippen LogP contribution in [0.15, 0.2) is 4.47 Å². The molecule has 106 valence electrons. The Kier molecular flexibility index (Phi) is 5.16. The molecule has 1 fully saturated rings. The number of aromatic nitrogens is 2. The van der Waals surface area contributed by atoms with Crippen molar-refractivity contribution < 1.29 is 4.74 Å². The molecule has 1 unspecified atom stereocenters. The molecule has 1 aromatic rings. The predicted octanol–water partition coefficient (Wildman–Crippen LogP) is 3.69. The zero-order chi connectivity index (χ0) is 13.8. The highest BCUT2D eigenvalue weighted by Gasteiger charge is 2.24. The molecule has 1 atom stereocenters. The van der Waals surface area contributed by atoms with Gasteiger partial charge in [0.1, 0.15) is 11.6 Å². The molecule has 0 spiro atoms. The fraction of sp³-hybridized carbons (Fsp3) is 0.714. The van der Waals surface area contributed by atoms with E-state index < -0.39 is 0 Å². The predicted molar refractivity (Wildman–Crippen MR) is 80.8 cm³/mol. The molecule has 1 aliphatic carbocycles. The Hall–Kier alpha value is -0.680. The van der Waals surface area contributed by atoms with Gasteiger partial charge in [0.25, 0.3) is 0 Å². The molecular weight excluding hydrogens is 306 g/mol. The van der Waals surface area contributed by atoms with Crippen molar-refractivity contribution in [2.45, 2.75) is 44.4 Å². The lowest BCUT2D eigenvalue weighted by molar-refractivity contribution is 0.181. The van der Waals surface area contributed by atoms with Crippen LogP contribution in [-0.4, -0.2) is 30.7 Å². The zero-order valence-electron chi connectivity index (χ0n) is 11.9. The van der Waals surface area contributed by atoms with Gasteiger partial charge in [0.05, 0.1) is 16.8 Å². The highest BCUT2D eigenvalue weighted by Crippen LogP contribution is 2.39. The molecule has 1 heterocycles. The number of hydrogen-bond acceptors (Lipinski definition) is 4. The number of halogens is 1. The van der Waals surface area contributed by atoms with Gasteiger partial charge >= 0.3 is 0 Å². The monoisotopic (exact) mass is 327 g/mol. The first-order chi connectivity index (χ1) is 9.17. The Balaban J connectivity index is 2.37. The molecule has 5 heteroatoms. The van der Waals surface area contributed by atoms with E-state index in [1.807, 2.05) is 7.05 Å². The van der Waals surface area contributed by atoms with Crippen LogP contribution in [0.25, 0.3) is 0 Å². The first-order valence-corrected chi connectivity index (χ1v) is 7.70. The van der Waals surface area contributed by atoms with Gasteiger partial charge in [-0.05, 0) is 28.8 Å². The maximum Gasteiger partial charge on any atom is 0.144 e. The van der Waals surface area contributed by atoms with E-state index in [2.05, 4.69) is 33.2 Å². The number of nitrogens with one attached hydrogen (secondary N) is 1. The molecule has 0 amide bonds. The first kappa shape index (κ1) is 14.7. The van der Waals surface area contributed by atoms with E-state index in [-0.39, 0.29) is 5.92 Å². The van der Waals surface area contributed by atoms with Crippen LogP contribution in [0.1, 0.15) is 56.0 Å². The zero-order valence-corrected chi connectivity index (χ0v) is 13.5. The van der Waals surface area contributed by atoms with Gasteiger partial charge in [-0.15, -0.1) is 0 Å². The van der Waals surface area contributed by atoms with E-state index in [4.69, 9.17) is 9.72 Å². The van der Waals surface area contributed by atoms with Crippen LogP contribution >= 0.6 is 15.9 Å². The van der Waals surface area contributed by atoms with Crippen molar-refractivity contribution in [2.24, 2.45) is 0 Å². The van der Waals surface area contributed by atoms with E-state index in [0.717, 1.165) is 21.8 Å². The fourth-order valence-electron chi connectivity index (χ4n) is 2.66. The van der Waals surface area contributed by atoms with Gasteiger partial charge < -0.3 is 10.1 Å². The van der Waals surface area contributed by atoms with Crippen molar-refractivity contribution in [3.63, 3.8) is 0 Å². The molecular formula is C14H22BrN3O. The minimum atomic E-state index is 0.213. The van der Waals surface area contributed by atoms with E-state index in [1.165, 1.54) is 25.7 Å². The average molecular weight is 328 g/mol. The Morgan fingerprint density at radius 3 is 2.63 bits per heavy atom. The molecule has 1 N–H and O–H groups in total. The number of hydrogen-bond donors (Lipinski definition) is 1. The third-order valence-electron chi connectivity index (χ3n) is 3.73. The van der Waals surface area contributed by atoms with Gasteiger partial charge in [-0.2, -0.15) is 0 Å². The van der Waals surface area contributed by atoms with E-state index in [9.17, 15) is 0 Å². The molecule has 0 aromatic carbocycles. The minimum Gasteiger partial charge on any atom is -0.384 e. The van der Waals surface area contributed by atoms with Crippen LogP contribution in [0.4, 0.5) is 5.82 Å². The molecule has 0 bridgehead atoms. The summed E-state index contributed by atoms with van der Waals surface area (Å²) >= 11 is 3.65. The van der Waals surface area contributed by atoms with Gasteiger partial charge in [0.2, 0.25) is 0 Å². The van der Waals surface area contributed by atoms with Crippen molar-refractivity contribution in [3.8, 4) is 0 Å². The minimum absolute atomic E-state index is 0.213. The number of nitrogens with zero attached hydrogens (tertiary/aromatic N) is 2. The van der Waals surface area contributed by atoms with Crippen molar-refractivity contribution >= 4 is 21.7 Å². The van der Waals surface area contributed by atoms with Crippen LogP contribution in [0.5, 0.6) is 0 Å². The first-order valence-electron chi connectivity index (χ1n) is 6.91. The van der Waals surface area contributed by atoms with Gasteiger partial charge in [-0.1, -0.05) is 19.8 Å². The maximum absolute atomic E-state index is 5.22. The van der Waals surface area contributed by atoms with Gasteiger partial charge in [-0.25, -0.2) is 9.97 Å². The Labute approximate surface area is 123 Å². The number of ether oxygens (including phenoxy) is 1. The van der Waals surface area contributed by atoms with E-state index in [1.54, 1.807) is 7.11 Å². The van der Waals surface area contributed by atoms with Gasteiger partial charge in [0.15, 0.2) is 0 Å².